The van der Waals surface area contributed by atoms with E-state index in [0.717, 1.165) is 5.56 Å². The van der Waals surface area contributed by atoms with Crippen LogP contribution in [0.5, 0.6) is 0 Å². The van der Waals surface area contributed by atoms with Crippen molar-refractivity contribution in [1.29, 1.82) is 0 Å². The summed E-state index contributed by atoms with van der Waals surface area (Å²) < 4.78 is 18.2. The SMILES string of the molecule is C[C@@]1(C(=O)Nc2ccc(F)cc2)Cc2ccccc2C(=O)O1. The molecular weight excluding hydrogens is 285 g/mol. The average Bonchev–Trinajstić information content (AvgIpc) is 2.49. The van der Waals surface area contributed by atoms with Gasteiger partial charge in [-0.1, -0.05) is 18.2 Å². The van der Waals surface area contributed by atoms with Crippen molar-refractivity contribution in [3.8, 4) is 0 Å². The van der Waals surface area contributed by atoms with Crippen LogP contribution in [0, 0.1) is 5.82 Å². The van der Waals surface area contributed by atoms with Gasteiger partial charge in [0.05, 0.1) is 5.56 Å². The first-order valence-corrected chi connectivity index (χ1v) is 6.86. The highest BCUT2D eigenvalue weighted by Gasteiger charge is 2.42. The van der Waals surface area contributed by atoms with Gasteiger partial charge >= 0.3 is 5.97 Å². The third kappa shape index (κ3) is 2.57. The number of carbonyl (C=O) groups is 2. The van der Waals surface area contributed by atoms with Crippen molar-refractivity contribution < 1.29 is 18.7 Å². The number of cyclic esters (lactones) is 1. The van der Waals surface area contributed by atoms with E-state index in [1.54, 1.807) is 25.1 Å². The summed E-state index contributed by atoms with van der Waals surface area (Å²) in [5.74, 6) is -1.34. The standard InChI is InChI=1S/C17H14FNO3/c1-17(16(21)19-13-8-6-12(18)7-9-13)10-11-4-2-3-5-14(11)15(20)22-17/h2-9H,10H2,1H3,(H,19,21)/t17-/m0/s1. The zero-order chi connectivity index (χ0) is 15.7. The number of ether oxygens (including phenoxy) is 1. The molecule has 1 amide bonds. The van der Waals surface area contributed by atoms with Gasteiger partial charge in [0, 0.05) is 12.1 Å². The summed E-state index contributed by atoms with van der Waals surface area (Å²) in [6.07, 6.45) is 0.294. The first kappa shape index (κ1) is 14.3. The quantitative estimate of drug-likeness (QED) is 0.867. The number of anilines is 1. The molecule has 0 saturated heterocycles. The molecule has 0 fully saturated rings. The zero-order valence-electron chi connectivity index (χ0n) is 11.9. The third-order valence-electron chi connectivity index (χ3n) is 3.67. The van der Waals surface area contributed by atoms with Crippen LogP contribution in [0.1, 0.15) is 22.8 Å². The van der Waals surface area contributed by atoms with E-state index in [-0.39, 0.29) is 5.82 Å². The summed E-state index contributed by atoms with van der Waals surface area (Å²) in [5.41, 5.74) is 0.410. The Kier molecular flexibility index (Phi) is 3.41. The molecule has 2 aromatic carbocycles. The second-order valence-electron chi connectivity index (χ2n) is 5.42. The molecule has 0 aromatic heterocycles. The van der Waals surface area contributed by atoms with E-state index in [1.807, 2.05) is 6.07 Å². The minimum atomic E-state index is -1.29. The van der Waals surface area contributed by atoms with Gasteiger partial charge in [-0.25, -0.2) is 9.18 Å². The molecule has 0 bridgehead atoms. The Balaban J connectivity index is 1.83. The van der Waals surface area contributed by atoms with Gasteiger partial charge in [-0.05, 0) is 42.8 Å². The van der Waals surface area contributed by atoms with Crippen LogP contribution in [0.15, 0.2) is 48.5 Å². The van der Waals surface area contributed by atoms with Crippen LogP contribution in [-0.4, -0.2) is 17.5 Å². The van der Waals surface area contributed by atoms with Gasteiger partial charge in [-0.15, -0.1) is 0 Å². The molecule has 3 rings (SSSR count). The van der Waals surface area contributed by atoms with Crippen molar-refractivity contribution in [2.24, 2.45) is 0 Å². The minimum Gasteiger partial charge on any atom is -0.445 e. The predicted molar refractivity (Wildman–Crippen MR) is 79.0 cm³/mol. The van der Waals surface area contributed by atoms with Crippen molar-refractivity contribution in [2.75, 3.05) is 5.32 Å². The second kappa shape index (κ2) is 5.26. The number of esters is 1. The van der Waals surface area contributed by atoms with Crippen molar-refractivity contribution in [3.63, 3.8) is 0 Å². The Morgan fingerprint density at radius 3 is 2.59 bits per heavy atom. The molecule has 0 radical (unpaired) electrons. The number of hydrogen-bond donors (Lipinski definition) is 1. The summed E-state index contributed by atoms with van der Waals surface area (Å²) in [5, 5.41) is 2.65. The van der Waals surface area contributed by atoms with Crippen molar-refractivity contribution in [2.45, 2.75) is 18.9 Å². The molecule has 22 heavy (non-hydrogen) atoms. The number of rotatable bonds is 2. The van der Waals surface area contributed by atoms with Crippen LogP contribution in [0.3, 0.4) is 0 Å². The van der Waals surface area contributed by atoms with Gasteiger partial charge in [-0.2, -0.15) is 0 Å². The van der Waals surface area contributed by atoms with Crippen LogP contribution in [0.25, 0.3) is 0 Å². The first-order chi connectivity index (χ1) is 10.5. The summed E-state index contributed by atoms with van der Waals surface area (Å²) >= 11 is 0. The Morgan fingerprint density at radius 2 is 1.86 bits per heavy atom. The number of benzene rings is 2. The Labute approximate surface area is 126 Å². The van der Waals surface area contributed by atoms with Crippen molar-refractivity contribution in [3.05, 3.63) is 65.5 Å². The van der Waals surface area contributed by atoms with Crippen LogP contribution in [-0.2, 0) is 16.0 Å². The van der Waals surface area contributed by atoms with Crippen LogP contribution in [0.4, 0.5) is 10.1 Å². The highest BCUT2D eigenvalue weighted by molar-refractivity contribution is 6.02. The van der Waals surface area contributed by atoms with Crippen LogP contribution < -0.4 is 5.32 Å². The van der Waals surface area contributed by atoms with Gasteiger partial charge in [0.25, 0.3) is 5.91 Å². The molecule has 0 spiro atoms. The first-order valence-electron chi connectivity index (χ1n) is 6.86. The third-order valence-corrected chi connectivity index (χ3v) is 3.67. The normalized spacial score (nSPS) is 20.0. The Bertz CT molecular complexity index is 742. The highest BCUT2D eigenvalue weighted by atomic mass is 19.1. The van der Waals surface area contributed by atoms with E-state index < -0.39 is 17.5 Å². The minimum absolute atomic E-state index is 0.294. The molecule has 1 aliphatic rings. The van der Waals surface area contributed by atoms with E-state index in [2.05, 4.69) is 5.32 Å². The molecule has 112 valence electrons. The lowest BCUT2D eigenvalue weighted by Gasteiger charge is -2.33. The van der Waals surface area contributed by atoms with Gasteiger partial charge in [0.1, 0.15) is 5.82 Å². The molecule has 5 heteroatoms. The fourth-order valence-corrected chi connectivity index (χ4v) is 2.46. The maximum atomic E-state index is 12.9. The lowest BCUT2D eigenvalue weighted by Crippen LogP contribution is -2.48. The molecule has 4 nitrogen and oxygen atoms in total. The lowest BCUT2D eigenvalue weighted by atomic mass is 9.89. The summed E-state index contributed by atoms with van der Waals surface area (Å²) in [4.78, 5) is 24.5. The molecular formula is C17H14FNO3. The van der Waals surface area contributed by atoms with Gasteiger partial charge in [-0.3, -0.25) is 4.79 Å². The zero-order valence-corrected chi connectivity index (χ0v) is 11.9. The Morgan fingerprint density at radius 1 is 1.18 bits per heavy atom. The largest absolute Gasteiger partial charge is 0.445 e. The Hall–Kier alpha value is -2.69. The van der Waals surface area contributed by atoms with Gasteiger partial charge in [0.2, 0.25) is 0 Å². The summed E-state index contributed by atoms with van der Waals surface area (Å²) in [6.45, 7) is 1.57. The number of nitrogens with one attached hydrogen (secondary N) is 1. The summed E-state index contributed by atoms with van der Waals surface area (Å²) in [6, 6.07) is 12.5. The van der Waals surface area contributed by atoms with E-state index >= 15 is 0 Å². The van der Waals surface area contributed by atoms with E-state index in [9.17, 15) is 14.0 Å². The number of hydrogen-bond acceptors (Lipinski definition) is 3. The second-order valence-corrected chi connectivity index (χ2v) is 5.42. The molecule has 0 unspecified atom stereocenters. The number of fused-ring (bicyclic) bond motifs is 1. The smallest absolute Gasteiger partial charge is 0.339 e. The van der Waals surface area contributed by atoms with E-state index in [1.165, 1.54) is 24.3 Å². The number of halogens is 1. The average molecular weight is 299 g/mol. The lowest BCUT2D eigenvalue weighted by molar-refractivity contribution is -0.134. The van der Waals surface area contributed by atoms with E-state index in [0.29, 0.717) is 17.7 Å². The molecule has 1 N–H and O–H groups in total. The molecule has 1 aliphatic heterocycles. The monoisotopic (exact) mass is 299 g/mol. The van der Waals surface area contributed by atoms with Gasteiger partial charge in [0.15, 0.2) is 5.60 Å². The molecule has 2 aromatic rings. The number of carbonyl (C=O) groups excluding carboxylic acids is 2. The predicted octanol–water partition coefficient (Wildman–Crippen LogP) is 2.94. The highest BCUT2D eigenvalue weighted by Crippen LogP contribution is 2.29. The van der Waals surface area contributed by atoms with E-state index in [4.69, 9.17) is 4.74 Å². The number of amides is 1. The molecule has 1 atom stereocenters. The summed E-state index contributed by atoms with van der Waals surface area (Å²) in [7, 11) is 0. The maximum Gasteiger partial charge on any atom is 0.339 e. The molecule has 0 saturated carbocycles. The van der Waals surface area contributed by atoms with Crippen molar-refractivity contribution in [1.82, 2.24) is 0 Å². The topological polar surface area (TPSA) is 55.4 Å². The fourth-order valence-electron chi connectivity index (χ4n) is 2.46. The molecule has 0 aliphatic carbocycles. The fraction of sp³-hybridized carbons (Fsp3) is 0.176. The van der Waals surface area contributed by atoms with Crippen LogP contribution >= 0.6 is 0 Å². The van der Waals surface area contributed by atoms with Gasteiger partial charge < -0.3 is 10.1 Å². The molecule has 1 heterocycles. The maximum absolute atomic E-state index is 12.9. The van der Waals surface area contributed by atoms with Crippen molar-refractivity contribution >= 4 is 17.6 Å². The van der Waals surface area contributed by atoms with Crippen LogP contribution in [0.2, 0.25) is 0 Å².